The van der Waals surface area contributed by atoms with Crippen molar-refractivity contribution in [3.8, 4) is 12.3 Å². The van der Waals surface area contributed by atoms with E-state index in [4.69, 9.17) is 15.9 Å². The van der Waals surface area contributed by atoms with Crippen molar-refractivity contribution in [2.45, 2.75) is 38.2 Å². The molecule has 1 saturated heterocycles. The van der Waals surface area contributed by atoms with Crippen LogP contribution in [0, 0.1) is 12.3 Å². The van der Waals surface area contributed by atoms with Gasteiger partial charge in [0.25, 0.3) is 5.56 Å². The molecule has 114 valence electrons. The molecule has 0 saturated carbocycles. The maximum absolute atomic E-state index is 11.8. The van der Waals surface area contributed by atoms with Crippen LogP contribution in [-0.2, 0) is 9.47 Å². The van der Waals surface area contributed by atoms with E-state index < -0.39 is 29.7 Å². The summed E-state index contributed by atoms with van der Waals surface area (Å²) in [5, 5.41) is 9.96. The number of terminal acetylenes is 1. The second kappa shape index (κ2) is 6.72. The van der Waals surface area contributed by atoms with Crippen LogP contribution in [-0.4, -0.2) is 40.1 Å². The Bertz CT molecular complexity index is 642. The Morgan fingerprint density at radius 1 is 1.62 bits per heavy atom. The van der Waals surface area contributed by atoms with Crippen molar-refractivity contribution in [3.05, 3.63) is 32.6 Å². The second-order valence-electron chi connectivity index (χ2n) is 4.86. The number of rotatable bonds is 5. The van der Waals surface area contributed by atoms with Crippen LogP contribution in [0.2, 0.25) is 0 Å². The average Bonchev–Trinajstić information content (AvgIpc) is 2.80. The quantitative estimate of drug-likeness (QED) is 0.569. The Hall–Kier alpha value is -1.88. The van der Waals surface area contributed by atoms with Crippen molar-refractivity contribution in [1.82, 2.24) is 9.55 Å². The molecule has 7 nitrogen and oxygen atoms in total. The molecule has 21 heavy (non-hydrogen) atoms. The number of hydrogen-bond acceptors (Lipinski definition) is 5. The third-order valence-corrected chi connectivity index (χ3v) is 3.27. The van der Waals surface area contributed by atoms with E-state index in [-0.39, 0.29) is 18.6 Å². The van der Waals surface area contributed by atoms with E-state index in [1.165, 1.54) is 10.8 Å². The Kier molecular flexibility index (Phi) is 4.96. The van der Waals surface area contributed by atoms with Gasteiger partial charge in [0.15, 0.2) is 0 Å². The molecule has 1 aliphatic heterocycles. The van der Waals surface area contributed by atoms with Gasteiger partial charge in [0, 0.05) is 19.2 Å². The Balaban J connectivity index is 2.15. The number of nitrogens with one attached hydrogen (secondary N) is 1. The first kappa shape index (κ1) is 15.5. The summed E-state index contributed by atoms with van der Waals surface area (Å²) in [7, 11) is 0. The van der Waals surface area contributed by atoms with Gasteiger partial charge < -0.3 is 14.6 Å². The molecule has 1 unspecified atom stereocenters. The number of aromatic amines is 1. The molecule has 0 amide bonds. The predicted molar refractivity (Wildman–Crippen MR) is 74.9 cm³/mol. The smallest absolute Gasteiger partial charge is 0.330 e. The maximum Gasteiger partial charge on any atom is 0.330 e. The molecular formula is C14H18N2O5. The van der Waals surface area contributed by atoms with Crippen molar-refractivity contribution < 1.29 is 14.6 Å². The molecule has 3 atom stereocenters. The van der Waals surface area contributed by atoms with Crippen LogP contribution in [0.15, 0.2) is 15.8 Å². The number of aromatic nitrogens is 2. The first-order chi connectivity index (χ1) is 10.1. The number of nitrogens with zero attached hydrogens (tertiary/aromatic N) is 1. The highest BCUT2D eigenvalue weighted by Gasteiger charge is 2.35. The molecule has 1 aromatic rings. The lowest BCUT2D eigenvalue weighted by molar-refractivity contribution is -0.0633. The summed E-state index contributed by atoms with van der Waals surface area (Å²) in [6, 6.07) is 0. The summed E-state index contributed by atoms with van der Waals surface area (Å²) < 4.78 is 12.2. The lowest BCUT2D eigenvalue weighted by atomic mass is 10.2. The monoisotopic (exact) mass is 294 g/mol. The number of hydrogen-bond donors (Lipinski definition) is 2. The van der Waals surface area contributed by atoms with Gasteiger partial charge in [-0.2, -0.15) is 0 Å². The minimum atomic E-state index is -0.736. The molecule has 1 aromatic heterocycles. The van der Waals surface area contributed by atoms with Crippen LogP contribution < -0.4 is 11.2 Å². The maximum atomic E-state index is 11.8. The number of aliphatic hydroxyl groups is 1. The highest BCUT2D eigenvalue weighted by atomic mass is 16.6. The van der Waals surface area contributed by atoms with Crippen LogP contribution in [0.4, 0.5) is 0 Å². The molecule has 1 fully saturated rings. The highest BCUT2D eigenvalue weighted by molar-refractivity contribution is 5.26. The topological polar surface area (TPSA) is 93.6 Å². The molecule has 2 heterocycles. The zero-order valence-electron chi connectivity index (χ0n) is 11.7. The Morgan fingerprint density at radius 3 is 3.05 bits per heavy atom. The predicted octanol–water partition coefficient (Wildman–Crippen LogP) is -0.407. The van der Waals surface area contributed by atoms with Gasteiger partial charge >= 0.3 is 5.69 Å². The fourth-order valence-corrected chi connectivity index (χ4v) is 2.18. The van der Waals surface area contributed by atoms with Crippen LogP contribution in [0.3, 0.4) is 0 Å². The molecule has 0 aromatic carbocycles. The minimum absolute atomic E-state index is 0.0402. The summed E-state index contributed by atoms with van der Waals surface area (Å²) in [5.74, 6) is 2.20. The standard InChI is InChI=1S/C14H18N2O5/c1-3-5-20-8-11-10(17)6-12(21-11)16-7-9(4-2)13(18)15-14(16)19/h2,7,10-12,17H,3,5-6,8H2,1H3,(H,15,18,19)/t10?,11-,12-/m1/s1. The fraction of sp³-hybridized carbons (Fsp3) is 0.571. The molecule has 0 radical (unpaired) electrons. The van der Waals surface area contributed by atoms with Gasteiger partial charge in [-0.15, -0.1) is 6.42 Å². The molecule has 2 N–H and O–H groups in total. The van der Waals surface area contributed by atoms with Crippen molar-refractivity contribution in [1.29, 1.82) is 0 Å². The van der Waals surface area contributed by atoms with Crippen molar-refractivity contribution in [2.75, 3.05) is 13.2 Å². The van der Waals surface area contributed by atoms with E-state index in [0.717, 1.165) is 6.42 Å². The van der Waals surface area contributed by atoms with Crippen LogP contribution in [0.5, 0.6) is 0 Å². The zero-order valence-corrected chi connectivity index (χ0v) is 11.7. The van der Waals surface area contributed by atoms with E-state index in [2.05, 4.69) is 10.9 Å². The summed E-state index contributed by atoms with van der Waals surface area (Å²) >= 11 is 0. The summed E-state index contributed by atoms with van der Waals surface area (Å²) in [4.78, 5) is 25.4. The number of aliphatic hydroxyl groups excluding tert-OH is 1. The van der Waals surface area contributed by atoms with E-state index in [1.807, 2.05) is 6.92 Å². The second-order valence-corrected chi connectivity index (χ2v) is 4.86. The Morgan fingerprint density at radius 2 is 2.38 bits per heavy atom. The van der Waals surface area contributed by atoms with Crippen molar-refractivity contribution in [3.63, 3.8) is 0 Å². The SMILES string of the molecule is C#Cc1cn([C@H]2CC(O)[C@@H](COCCC)O2)c(=O)[nH]c1=O. The molecule has 0 spiro atoms. The van der Waals surface area contributed by atoms with Crippen LogP contribution in [0.25, 0.3) is 0 Å². The van der Waals surface area contributed by atoms with Gasteiger partial charge in [-0.1, -0.05) is 12.8 Å². The van der Waals surface area contributed by atoms with Gasteiger partial charge in [0.05, 0.1) is 12.7 Å². The summed E-state index contributed by atoms with van der Waals surface area (Å²) in [5.41, 5.74) is -1.19. The average molecular weight is 294 g/mol. The molecule has 0 bridgehead atoms. The third-order valence-electron chi connectivity index (χ3n) is 3.27. The van der Waals surface area contributed by atoms with Gasteiger partial charge in [0.2, 0.25) is 0 Å². The normalized spacial score (nSPS) is 24.9. The molecule has 2 rings (SSSR count). The highest BCUT2D eigenvalue weighted by Crippen LogP contribution is 2.27. The molecular weight excluding hydrogens is 276 g/mol. The molecule has 0 aliphatic carbocycles. The summed E-state index contributed by atoms with van der Waals surface area (Å²) in [6.07, 6.45) is 5.67. The lowest BCUT2D eigenvalue weighted by Crippen LogP contribution is -2.33. The molecule has 1 aliphatic rings. The first-order valence-electron chi connectivity index (χ1n) is 6.80. The third kappa shape index (κ3) is 3.42. The first-order valence-corrected chi connectivity index (χ1v) is 6.80. The van der Waals surface area contributed by atoms with E-state index >= 15 is 0 Å². The van der Waals surface area contributed by atoms with Crippen molar-refractivity contribution in [2.24, 2.45) is 0 Å². The van der Waals surface area contributed by atoms with Gasteiger partial charge in [-0.05, 0) is 6.42 Å². The lowest BCUT2D eigenvalue weighted by Gasteiger charge is -2.16. The van der Waals surface area contributed by atoms with Crippen molar-refractivity contribution >= 4 is 0 Å². The summed E-state index contributed by atoms with van der Waals surface area (Å²) in [6.45, 7) is 2.82. The number of H-pyrrole nitrogens is 1. The van der Waals surface area contributed by atoms with E-state index in [9.17, 15) is 14.7 Å². The minimum Gasteiger partial charge on any atom is -0.390 e. The fourth-order valence-electron chi connectivity index (χ4n) is 2.18. The van der Waals surface area contributed by atoms with Crippen LogP contribution >= 0.6 is 0 Å². The van der Waals surface area contributed by atoms with E-state index in [1.54, 1.807) is 0 Å². The largest absolute Gasteiger partial charge is 0.390 e. The Labute approximate surface area is 121 Å². The van der Waals surface area contributed by atoms with Gasteiger partial charge in [-0.25, -0.2) is 4.79 Å². The number of ether oxygens (including phenoxy) is 2. The van der Waals surface area contributed by atoms with E-state index in [0.29, 0.717) is 6.61 Å². The van der Waals surface area contributed by atoms with Gasteiger partial charge in [-0.3, -0.25) is 14.3 Å². The van der Waals surface area contributed by atoms with Crippen LogP contribution in [0.1, 0.15) is 31.6 Å². The van der Waals surface area contributed by atoms with Gasteiger partial charge in [0.1, 0.15) is 17.9 Å². The zero-order chi connectivity index (χ0) is 15.4. The molecule has 7 heteroatoms.